The molecule has 0 saturated carbocycles. The molecule has 2 amide bonds. The Kier molecular flexibility index (Phi) is 5.71. The van der Waals surface area contributed by atoms with E-state index in [1.165, 1.54) is 24.0 Å². The molecule has 6 heteroatoms. The third kappa shape index (κ3) is 4.29. The van der Waals surface area contributed by atoms with E-state index in [0.29, 0.717) is 10.6 Å². The van der Waals surface area contributed by atoms with Gasteiger partial charge in [-0.25, -0.2) is 4.39 Å². The highest BCUT2D eigenvalue weighted by Crippen LogP contribution is 2.18. The van der Waals surface area contributed by atoms with Crippen LogP contribution in [0.2, 0.25) is 5.02 Å². The Labute approximate surface area is 138 Å². The topological polar surface area (TPSA) is 49.4 Å². The third-order valence-electron chi connectivity index (χ3n) is 3.26. The molecular weight excluding hydrogens is 319 g/mol. The Hall–Kier alpha value is -2.40. The number of rotatable bonds is 5. The second-order valence-corrected chi connectivity index (χ2v) is 5.27. The molecule has 1 N–H and O–H groups in total. The molecule has 0 aliphatic rings. The van der Waals surface area contributed by atoms with Crippen LogP contribution in [0.3, 0.4) is 0 Å². The standard InChI is InChI=1S/C17H16ClFN2O2/c1-12(22)21(16-9-5-4-8-15(16)19)11-10-20-17(23)13-6-2-3-7-14(13)18/h2-9H,10-11H2,1H3,(H,20,23). The largest absolute Gasteiger partial charge is 0.350 e. The van der Waals surface area contributed by atoms with Gasteiger partial charge in [-0.2, -0.15) is 0 Å². The number of halogens is 2. The van der Waals surface area contributed by atoms with Crippen LogP contribution in [0.15, 0.2) is 48.5 Å². The lowest BCUT2D eigenvalue weighted by Gasteiger charge is -2.22. The third-order valence-corrected chi connectivity index (χ3v) is 3.59. The van der Waals surface area contributed by atoms with E-state index in [2.05, 4.69) is 5.32 Å². The summed E-state index contributed by atoms with van der Waals surface area (Å²) < 4.78 is 13.8. The van der Waals surface area contributed by atoms with E-state index in [9.17, 15) is 14.0 Å². The molecular formula is C17H16ClFN2O2. The van der Waals surface area contributed by atoms with Gasteiger partial charge in [0.25, 0.3) is 5.91 Å². The smallest absolute Gasteiger partial charge is 0.252 e. The van der Waals surface area contributed by atoms with E-state index in [1.807, 2.05) is 0 Å². The fourth-order valence-corrected chi connectivity index (χ4v) is 2.36. The van der Waals surface area contributed by atoms with Crippen LogP contribution in [0.5, 0.6) is 0 Å². The van der Waals surface area contributed by atoms with Crippen molar-refractivity contribution in [3.05, 3.63) is 64.9 Å². The first-order chi connectivity index (χ1) is 11.0. The maximum Gasteiger partial charge on any atom is 0.252 e. The Balaban J connectivity index is 2.01. The maximum atomic E-state index is 13.8. The zero-order chi connectivity index (χ0) is 16.8. The molecule has 0 unspecified atom stereocenters. The minimum atomic E-state index is -0.486. The van der Waals surface area contributed by atoms with Crippen molar-refractivity contribution >= 4 is 29.1 Å². The lowest BCUT2D eigenvalue weighted by atomic mass is 10.2. The molecule has 0 aliphatic carbocycles. The highest BCUT2D eigenvalue weighted by molar-refractivity contribution is 6.33. The summed E-state index contributed by atoms with van der Waals surface area (Å²) in [5.41, 5.74) is 0.543. The van der Waals surface area contributed by atoms with Crippen LogP contribution >= 0.6 is 11.6 Å². The van der Waals surface area contributed by atoms with Gasteiger partial charge in [0, 0.05) is 20.0 Å². The monoisotopic (exact) mass is 334 g/mol. The van der Waals surface area contributed by atoms with Crippen molar-refractivity contribution in [1.29, 1.82) is 0 Å². The number of hydrogen-bond acceptors (Lipinski definition) is 2. The van der Waals surface area contributed by atoms with Gasteiger partial charge in [0.1, 0.15) is 5.82 Å². The van der Waals surface area contributed by atoms with Gasteiger partial charge in [-0.1, -0.05) is 35.9 Å². The van der Waals surface area contributed by atoms with Crippen molar-refractivity contribution in [2.45, 2.75) is 6.92 Å². The van der Waals surface area contributed by atoms with Gasteiger partial charge in [0.05, 0.1) is 16.3 Å². The second-order valence-electron chi connectivity index (χ2n) is 4.86. The van der Waals surface area contributed by atoms with E-state index < -0.39 is 5.82 Å². The number of amides is 2. The first kappa shape index (κ1) is 17.0. The molecule has 0 fully saturated rings. The van der Waals surface area contributed by atoms with Crippen LogP contribution in [-0.4, -0.2) is 24.9 Å². The maximum absolute atomic E-state index is 13.8. The average molecular weight is 335 g/mol. The van der Waals surface area contributed by atoms with E-state index >= 15 is 0 Å². The van der Waals surface area contributed by atoms with Gasteiger partial charge in [0.15, 0.2) is 0 Å². The lowest BCUT2D eigenvalue weighted by molar-refractivity contribution is -0.116. The Morgan fingerprint density at radius 2 is 1.78 bits per heavy atom. The number of para-hydroxylation sites is 1. The summed E-state index contributed by atoms with van der Waals surface area (Å²) in [7, 11) is 0. The van der Waals surface area contributed by atoms with Gasteiger partial charge < -0.3 is 10.2 Å². The SMILES string of the molecule is CC(=O)N(CCNC(=O)c1ccccc1Cl)c1ccccc1F. The molecule has 4 nitrogen and oxygen atoms in total. The molecule has 2 rings (SSSR count). The van der Waals surface area contributed by atoms with Crippen molar-refractivity contribution in [2.24, 2.45) is 0 Å². The molecule has 0 bridgehead atoms. The minimum absolute atomic E-state index is 0.159. The average Bonchev–Trinajstić information content (AvgIpc) is 2.52. The van der Waals surface area contributed by atoms with Crippen molar-refractivity contribution in [2.75, 3.05) is 18.0 Å². The summed E-state index contributed by atoms with van der Waals surface area (Å²) in [6.07, 6.45) is 0. The zero-order valence-electron chi connectivity index (χ0n) is 12.6. The molecule has 0 aromatic heterocycles. The number of carbonyl (C=O) groups excluding carboxylic acids is 2. The molecule has 2 aromatic rings. The molecule has 23 heavy (non-hydrogen) atoms. The van der Waals surface area contributed by atoms with Gasteiger partial charge in [-0.05, 0) is 24.3 Å². The zero-order valence-corrected chi connectivity index (χ0v) is 13.3. The number of nitrogens with zero attached hydrogens (tertiary/aromatic N) is 1. The van der Waals surface area contributed by atoms with Gasteiger partial charge in [0.2, 0.25) is 5.91 Å². The first-order valence-electron chi connectivity index (χ1n) is 7.06. The van der Waals surface area contributed by atoms with Crippen LogP contribution in [0.4, 0.5) is 10.1 Å². The Morgan fingerprint density at radius 3 is 2.43 bits per heavy atom. The molecule has 2 aromatic carbocycles. The molecule has 0 radical (unpaired) electrons. The van der Waals surface area contributed by atoms with E-state index in [1.54, 1.807) is 36.4 Å². The van der Waals surface area contributed by atoms with Crippen LogP contribution in [-0.2, 0) is 4.79 Å². The molecule has 120 valence electrons. The number of carbonyl (C=O) groups is 2. The van der Waals surface area contributed by atoms with Crippen molar-refractivity contribution in [3.8, 4) is 0 Å². The molecule has 0 spiro atoms. The summed E-state index contributed by atoms with van der Waals surface area (Å²) in [4.78, 5) is 25.0. The van der Waals surface area contributed by atoms with Crippen LogP contribution in [0.25, 0.3) is 0 Å². The first-order valence-corrected chi connectivity index (χ1v) is 7.44. The highest BCUT2D eigenvalue weighted by atomic mass is 35.5. The quantitative estimate of drug-likeness (QED) is 0.912. The van der Waals surface area contributed by atoms with Crippen molar-refractivity contribution < 1.29 is 14.0 Å². The van der Waals surface area contributed by atoms with Crippen LogP contribution in [0.1, 0.15) is 17.3 Å². The number of hydrogen-bond donors (Lipinski definition) is 1. The summed E-state index contributed by atoms with van der Waals surface area (Å²) in [6.45, 7) is 1.69. The number of benzene rings is 2. The van der Waals surface area contributed by atoms with Gasteiger partial charge in [-0.3, -0.25) is 9.59 Å². The predicted molar refractivity (Wildman–Crippen MR) is 88.2 cm³/mol. The molecule has 0 atom stereocenters. The Morgan fingerprint density at radius 1 is 1.13 bits per heavy atom. The van der Waals surface area contributed by atoms with Gasteiger partial charge >= 0.3 is 0 Å². The summed E-state index contributed by atoms with van der Waals surface area (Å²) >= 11 is 5.95. The fraction of sp³-hybridized carbons (Fsp3) is 0.176. The molecule has 0 saturated heterocycles. The summed E-state index contributed by atoms with van der Waals surface area (Å²) in [5.74, 6) is -1.13. The van der Waals surface area contributed by atoms with Crippen molar-refractivity contribution in [1.82, 2.24) is 5.32 Å². The lowest BCUT2D eigenvalue weighted by Crippen LogP contribution is -2.38. The van der Waals surface area contributed by atoms with E-state index in [4.69, 9.17) is 11.6 Å². The van der Waals surface area contributed by atoms with Crippen molar-refractivity contribution in [3.63, 3.8) is 0 Å². The van der Waals surface area contributed by atoms with Crippen LogP contribution in [0, 0.1) is 5.82 Å². The number of nitrogens with one attached hydrogen (secondary N) is 1. The van der Waals surface area contributed by atoms with Gasteiger partial charge in [-0.15, -0.1) is 0 Å². The normalized spacial score (nSPS) is 10.2. The molecule has 0 aliphatic heterocycles. The summed E-state index contributed by atoms with van der Waals surface area (Å²) in [6, 6.07) is 12.7. The second kappa shape index (κ2) is 7.74. The van der Waals surface area contributed by atoms with E-state index in [-0.39, 0.29) is 30.6 Å². The van der Waals surface area contributed by atoms with Crippen LogP contribution < -0.4 is 10.2 Å². The minimum Gasteiger partial charge on any atom is -0.350 e. The molecule has 0 heterocycles. The summed E-state index contributed by atoms with van der Waals surface area (Å²) in [5, 5.41) is 3.02. The number of anilines is 1. The Bertz CT molecular complexity index is 721. The fourth-order valence-electron chi connectivity index (χ4n) is 2.14. The predicted octanol–water partition coefficient (Wildman–Crippen LogP) is 3.26. The highest BCUT2D eigenvalue weighted by Gasteiger charge is 2.16. The van der Waals surface area contributed by atoms with E-state index in [0.717, 1.165) is 0 Å².